The minimum Gasteiger partial charge on any atom is -0.459 e. The molecule has 2 aromatic heterocycles. The second kappa shape index (κ2) is 9.30. The first-order chi connectivity index (χ1) is 16.2. The molecule has 4 aromatic rings. The molecule has 166 valence electrons. The zero-order valence-electron chi connectivity index (χ0n) is 17.8. The Morgan fingerprint density at radius 2 is 1.88 bits per heavy atom. The summed E-state index contributed by atoms with van der Waals surface area (Å²) >= 11 is 1.27. The number of para-hydroxylation sites is 2. The van der Waals surface area contributed by atoms with Crippen LogP contribution in [0.3, 0.4) is 0 Å². The quantitative estimate of drug-likeness (QED) is 0.418. The third-order valence-electron chi connectivity index (χ3n) is 5.49. The summed E-state index contributed by atoms with van der Waals surface area (Å²) in [6.07, 6.45) is 2.59. The Hall–Kier alpha value is -3.91. The van der Waals surface area contributed by atoms with E-state index in [9.17, 15) is 9.59 Å². The second-order valence-electron chi connectivity index (χ2n) is 7.76. The van der Waals surface area contributed by atoms with Gasteiger partial charge in [0.25, 0.3) is 5.91 Å². The molecule has 0 bridgehead atoms. The average molecular weight is 459 g/mol. The van der Waals surface area contributed by atoms with Crippen LogP contribution in [0.4, 0.5) is 16.5 Å². The molecule has 0 saturated carbocycles. The van der Waals surface area contributed by atoms with Crippen LogP contribution in [0.2, 0.25) is 0 Å². The van der Waals surface area contributed by atoms with E-state index >= 15 is 0 Å². The van der Waals surface area contributed by atoms with E-state index in [1.165, 1.54) is 28.9 Å². The van der Waals surface area contributed by atoms with Crippen molar-refractivity contribution in [3.05, 3.63) is 94.9 Å². The lowest BCUT2D eigenvalue weighted by Gasteiger charge is -2.21. The van der Waals surface area contributed by atoms with E-state index in [1.807, 2.05) is 24.3 Å². The molecule has 8 heteroatoms. The van der Waals surface area contributed by atoms with Gasteiger partial charge in [-0.3, -0.25) is 14.9 Å². The number of aromatic nitrogens is 1. The van der Waals surface area contributed by atoms with Crippen molar-refractivity contribution in [3.8, 4) is 0 Å². The summed E-state index contributed by atoms with van der Waals surface area (Å²) < 4.78 is 5.08. The molecule has 0 unspecified atom stereocenters. The third kappa shape index (κ3) is 4.80. The number of amides is 2. The molecule has 2 aromatic carbocycles. The van der Waals surface area contributed by atoms with Crippen molar-refractivity contribution in [1.82, 2.24) is 4.98 Å². The molecule has 0 aliphatic carbocycles. The first kappa shape index (κ1) is 21.0. The molecule has 0 fully saturated rings. The molecule has 1 aliphatic heterocycles. The lowest BCUT2D eigenvalue weighted by Crippen LogP contribution is -2.22. The monoisotopic (exact) mass is 458 g/mol. The van der Waals surface area contributed by atoms with Crippen molar-refractivity contribution < 1.29 is 14.0 Å². The SMILES string of the molecule is O=C(Cc1csc(NC(=O)c2ccco2)n1)Nc1ccccc1CN1CCc2ccccc21. The largest absolute Gasteiger partial charge is 0.459 e. The molecule has 3 heterocycles. The molecule has 7 nitrogen and oxygen atoms in total. The van der Waals surface area contributed by atoms with E-state index < -0.39 is 0 Å². The number of carbonyl (C=O) groups is 2. The van der Waals surface area contributed by atoms with Crippen molar-refractivity contribution in [3.63, 3.8) is 0 Å². The van der Waals surface area contributed by atoms with Gasteiger partial charge in [-0.25, -0.2) is 4.98 Å². The van der Waals surface area contributed by atoms with E-state index in [4.69, 9.17) is 4.42 Å². The van der Waals surface area contributed by atoms with Crippen molar-refractivity contribution in [2.45, 2.75) is 19.4 Å². The maximum Gasteiger partial charge on any atom is 0.293 e. The topological polar surface area (TPSA) is 87.5 Å². The van der Waals surface area contributed by atoms with Crippen molar-refractivity contribution in [2.24, 2.45) is 0 Å². The maximum atomic E-state index is 12.7. The predicted molar refractivity (Wildman–Crippen MR) is 129 cm³/mol. The minimum atomic E-state index is -0.372. The van der Waals surface area contributed by atoms with Crippen molar-refractivity contribution in [2.75, 3.05) is 22.1 Å². The highest BCUT2D eigenvalue weighted by atomic mass is 32.1. The van der Waals surface area contributed by atoms with Crippen LogP contribution >= 0.6 is 11.3 Å². The standard InChI is InChI=1S/C25H22N4O3S/c30-23(14-19-16-33-25(26-19)28-24(31)22-10-5-13-32-22)27-20-8-3-1-7-18(20)15-29-12-11-17-6-2-4-9-21(17)29/h1-10,13,16H,11-12,14-15H2,(H,27,30)(H,26,28,31). The van der Waals surface area contributed by atoms with Gasteiger partial charge in [0.1, 0.15) is 0 Å². The summed E-state index contributed by atoms with van der Waals surface area (Å²) in [5.74, 6) is -0.317. The normalized spacial score (nSPS) is 12.4. The smallest absolute Gasteiger partial charge is 0.293 e. The van der Waals surface area contributed by atoms with Gasteiger partial charge in [0.2, 0.25) is 5.91 Å². The molecule has 1 aliphatic rings. The Labute approximate surface area is 195 Å². The van der Waals surface area contributed by atoms with Gasteiger partial charge in [-0.2, -0.15) is 0 Å². The van der Waals surface area contributed by atoms with Gasteiger partial charge < -0.3 is 14.6 Å². The van der Waals surface area contributed by atoms with Gasteiger partial charge in [0.15, 0.2) is 10.9 Å². The lowest BCUT2D eigenvalue weighted by molar-refractivity contribution is -0.115. The highest BCUT2D eigenvalue weighted by molar-refractivity contribution is 7.14. The first-order valence-corrected chi connectivity index (χ1v) is 11.5. The Balaban J connectivity index is 1.21. The number of thiazole rings is 1. The van der Waals surface area contributed by atoms with E-state index in [2.05, 4.69) is 44.8 Å². The highest BCUT2D eigenvalue weighted by Crippen LogP contribution is 2.30. The number of anilines is 3. The maximum absolute atomic E-state index is 12.7. The molecule has 33 heavy (non-hydrogen) atoms. The molecule has 2 amide bonds. The highest BCUT2D eigenvalue weighted by Gasteiger charge is 2.20. The molecular formula is C25H22N4O3S. The van der Waals surface area contributed by atoms with Crippen LogP contribution in [0.25, 0.3) is 0 Å². The van der Waals surface area contributed by atoms with Crippen LogP contribution in [-0.4, -0.2) is 23.3 Å². The molecule has 0 atom stereocenters. The van der Waals surface area contributed by atoms with Crippen LogP contribution in [0.1, 0.15) is 27.4 Å². The van der Waals surface area contributed by atoms with Crippen LogP contribution in [0, 0.1) is 0 Å². The first-order valence-electron chi connectivity index (χ1n) is 10.7. The second-order valence-corrected chi connectivity index (χ2v) is 8.62. The Morgan fingerprint density at radius 3 is 2.76 bits per heavy atom. The fourth-order valence-corrected chi connectivity index (χ4v) is 4.63. The lowest BCUT2D eigenvalue weighted by atomic mass is 10.1. The molecule has 0 spiro atoms. The van der Waals surface area contributed by atoms with Gasteiger partial charge in [0.05, 0.1) is 18.4 Å². The number of fused-ring (bicyclic) bond motifs is 1. The summed E-state index contributed by atoms with van der Waals surface area (Å²) in [6.45, 7) is 1.69. The van der Waals surface area contributed by atoms with Crippen LogP contribution < -0.4 is 15.5 Å². The van der Waals surface area contributed by atoms with Crippen LogP contribution in [-0.2, 0) is 24.2 Å². The minimum absolute atomic E-state index is 0.119. The number of hydrogen-bond donors (Lipinski definition) is 2. The summed E-state index contributed by atoms with van der Waals surface area (Å²) in [5, 5.41) is 7.90. The number of nitrogens with zero attached hydrogens (tertiary/aromatic N) is 2. The van der Waals surface area contributed by atoms with Gasteiger partial charge in [-0.15, -0.1) is 11.3 Å². The number of rotatable bonds is 7. The van der Waals surface area contributed by atoms with E-state index in [1.54, 1.807) is 17.5 Å². The molecule has 0 saturated heterocycles. The fourth-order valence-electron chi connectivity index (χ4n) is 3.93. The predicted octanol–water partition coefficient (Wildman–Crippen LogP) is 4.73. The third-order valence-corrected chi connectivity index (χ3v) is 6.30. The van der Waals surface area contributed by atoms with Crippen molar-refractivity contribution in [1.29, 1.82) is 0 Å². The summed E-state index contributed by atoms with van der Waals surface area (Å²) in [7, 11) is 0. The van der Waals surface area contributed by atoms with E-state index in [-0.39, 0.29) is 24.0 Å². The molecule has 0 radical (unpaired) electrons. The summed E-state index contributed by atoms with van der Waals surface area (Å²) in [5.41, 5.74) is 5.07. The van der Waals surface area contributed by atoms with Gasteiger partial charge in [-0.05, 0) is 41.8 Å². The average Bonchev–Trinajstić information content (AvgIpc) is 3.57. The van der Waals surface area contributed by atoms with Crippen LogP contribution in [0.5, 0.6) is 0 Å². The molecular weight excluding hydrogens is 436 g/mol. The zero-order chi connectivity index (χ0) is 22.6. The number of hydrogen-bond acceptors (Lipinski definition) is 6. The van der Waals surface area contributed by atoms with Gasteiger partial charge >= 0.3 is 0 Å². The fraction of sp³-hybridized carbons (Fsp3) is 0.160. The number of nitrogens with one attached hydrogen (secondary N) is 2. The van der Waals surface area contributed by atoms with E-state index in [0.29, 0.717) is 10.8 Å². The van der Waals surface area contributed by atoms with Gasteiger partial charge in [0, 0.05) is 29.8 Å². The Kier molecular flexibility index (Phi) is 5.91. The molecule has 5 rings (SSSR count). The van der Waals surface area contributed by atoms with Crippen LogP contribution in [0.15, 0.2) is 76.7 Å². The summed E-state index contributed by atoms with van der Waals surface area (Å²) in [4.78, 5) is 31.5. The number of carbonyl (C=O) groups excluding carboxylic acids is 2. The van der Waals surface area contributed by atoms with Gasteiger partial charge in [-0.1, -0.05) is 36.4 Å². The summed E-state index contributed by atoms with van der Waals surface area (Å²) in [6, 6.07) is 19.5. The number of benzene rings is 2. The van der Waals surface area contributed by atoms with Crippen molar-refractivity contribution >= 4 is 39.7 Å². The molecule has 2 N–H and O–H groups in total. The Bertz CT molecular complexity index is 1280. The van der Waals surface area contributed by atoms with E-state index in [0.717, 1.165) is 30.8 Å². The zero-order valence-corrected chi connectivity index (χ0v) is 18.6. The Morgan fingerprint density at radius 1 is 1.03 bits per heavy atom. The number of furan rings is 1.